The first-order valence-electron chi connectivity index (χ1n) is 2.14. The van der Waals surface area contributed by atoms with E-state index in [1.807, 2.05) is 25.0 Å². The fourth-order valence-corrected chi connectivity index (χ4v) is 0.313. The van der Waals surface area contributed by atoms with Crippen molar-refractivity contribution in [2.24, 2.45) is 0 Å². The molecule has 1 aromatic heterocycles. The van der Waals surface area contributed by atoms with Crippen LogP contribution < -0.4 is 0 Å². The summed E-state index contributed by atoms with van der Waals surface area (Å²) in [5, 5.41) is 0. The Hall–Kier alpha value is -1.18. The lowest BCUT2D eigenvalue weighted by Crippen LogP contribution is -1.58. The van der Waals surface area contributed by atoms with Gasteiger partial charge in [-0.2, -0.15) is 0 Å². The number of pyridine rings is 1. The lowest BCUT2D eigenvalue weighted by molar-refractivity contribution is -0.0979. The summed E-state index contributed by atoms with van der Waals surface area (Å²) in [6.45, 7) is 2.00. The maximum absolute atomic E-state index is 8.00. The van der Waals surface area contributed by atoms with E-state index in [-0.39, 0.29) is 0 Å². The summed E-state index contributed by atoms with van der Waals surface area (Å²) in [4.78, 5) is 11.8. The van der Waals surface area contributed by atoms with Gasteiger partial charge in [-0.25, -0.2) is 0 Å². The molecule has 0 unspecified atom stereocenters. The maximum atomic E-state index is 8.00. The van der Waals surface area contributed by atoms with Gasteiger partial charge in [0.05, 0.1) is 0 Å². The lowest BCUT2D eigenvalue weighted by atomic mass is 10.5. The Kier molecular flexibility index (Phi) is 4.96. The molecular weight excluding hydrogens is 102 g/mol. The summed E-state index contributed by atoms with van der Waals surface area (Å²) in [5.74, 6) is 0. The first-order valence-corrected chi connectivity index (χ1v) is 2.14. The molecule has 0 aliphatic heterocycles. The summed E-state index contributed by atoms with van der Waals surface area (Å²) in [6.07, 6.45) is 3.50. The lowest BCUT2D eigenvalue weighted by Gasteiger charge is -1.70. The fourth-order valence-electron chi connectivity index (χ4n) is 0.313. The highest BCUT2D eigenvalue weighted by Gasteiger charge is 1.58. The van der Waals surface area contributed by atoms with Crippen LogP contribution in [0.1, 0.15) is 0 Å². The van der Waals surface area contributed by atoms with Crippen molar-refractivity contribution >= 4 is 6.79 Å². The summed E-state index contributed by atoms with van der Waals surface area (Å²) < 4.78 is 0. The smallest absolute Gasteiger partial charge is 0.106 e. The van der Waals surface area contributed by atoms with Gasteiger partial charge in [0.15, 0.2) is 0 Å². The molecule has 0 aliphatic carbocycles. The molecule has 0 saturated heterocycles. The third kappa shape index (κ3) is 3.03. The molecule has 2 nitrogen and oxygen atoms in total. The Labute approximate surface area is 48.2 Å². The molecule has 0 amide bonds. The summed E-state index contributed by atoms with van der Waals surface area (Å²) in [5.41, 5.74) is 0. The third-order valence-electron chi connectivity index (χ3n) is 0.566. The van der Waals surface area contributed by atoms with Gasteiger partial charge in [-0.05, 0) is 12.1 Å². The molecule has 0 spiro atoms. The average Bonchev–Trinajstić information content (AvgIpc) is 1.96. The van der Waals surface area contributed by atoms with E-state index in [9.17, 15) is 0 Å². The number of hydrogen-bond donors (Lipinski definition) is 0. The highest BCUT2D eigenvalue weighted by atomic mass is 16.1. The molecule has 0 aliphatic rings. The van der Waals surface area contributed by atoms with Crippen molar-refractivity contribution in [2.45, 2.75) is 0 Å². The Morgan fingerprint density at radius 2 is 1.50 bits per heavy atom. The molecule has 1 heterocycles. The van der Waals surface area contributed by atoms with Crippen LogP contribution in [0.25, 0.3) is 0 Å². The van der Waals surface area contributed by atoms with E-state index in [1.54, 1.807) is 12.4 Å². The van der Waals surface area contributed by atoms with E-state index in [2.05, 4.69) is 4.98 Å². The standard InChI is InChI=1S/C5H5N.CH2O/c1-2-4-6-5-3-1;1-2/h1-5H;1H2. The number of hydrogen-bond acceptors (Lipinski definition) is 2. The second-order valence-electron chi connectivity index (χ2n) is 1.02. The van der Waals surface area contributed by atoms with Crippen LogP contribution >= 0.6 is 0 Å². The van der Waals surface area contributed by atoms with Crippen molar-refractivity contribution in [3.8, 4) is 0 Å². The summed E-state index contributed by atoms with van der Waals surface area (Å²) in [6, 6.07) is 5.72. The Morgan fingerprint density at radius 1 is 1.00 bits per heavy atom. The SMILES string of the molecule is C=O.c1ccncc1. The van der Waals surface area contributed by atoms with Crippen LogP contribution in [0.15, 0.2) is 30.6 Å². The van der Waals surface area contributed by atoms with Crippen LogP contribution in [0, 0.1) is 0 Å². The molecule has 0 bridgehead atoms. The van der Waals surface area contributed by atoms with Crippen LogP contribution in [-0.4, -0.2) is 11.8 Å². The topological polar surface area (TPSA) is 30.0 Å². The monoisotopic (exact) mass is 109 g/mol. The number of carbonyl (C=O) groups excluding carboxylic acids is 1. The average molecular weight is 109 g/mol. The van der Waals surface area contributed by atoms with E-state index in [4.69, 9.17) is 4.79 Å². The zero-order valence-electron chi connectivity index (χ0n) is 4.45. The molecule has 0 radical (unpaired) electrons. The molecule has 0 N–H and O–H groups in total. The predicted molar refractivity (Wildman–Crippen MR) is 31.4 cm³/mol. The quantitative estimate of drug-likeness (QED) is 0.495. The highest BCUT2D eigenvalue weighted by molar-refractivity contribution is 5.10. The highest BCUT2D eigenvalue weighted by Crippen LogP contribution is 1.73. The molecule has 8 heavy (non-hydrogen) atoms. The first-order chi connectivity index (χ1) is 4.00. The molecule has 1 aromatic rings. The maximum Gasteiger partial charge on any atom is 0.106 e. The van der Waals surface area contributed by atoms with Crippen LogP contribution in [-0.2, 0) is 4.79 Å². The second-order valence-corrected chi connectivity index (χ2v) is 1.02. The molecule has 0 aromatic carbocycles. The van der Waals surface area contributed by atoms with Crippen LogP contribution in [0.3, 0.4) is 0 Å². The van der Waals surface area contributed by atoms with Gasteiger partial charge in [0, 0.05) is 12.4 Å². The van der Waals surface area contributed by atoms with Crippen molar-refractivity contribution in [3.63, 3.8) is 0 Å². The van der Waals surface area contributed by atoms with Crippen LogP contribution in [0.4, 0.5) is 0 Å². The number of aromatic nitrogens is 1. The zero-order valence-corrected chi connectivity index (χ0v) is 4.45. The van der Waals surface area contributed by atoms with Crippen molar-refractivity contribution in [2.75, 3.05) is 0 Å². The van der Waals surface area contributed by atoms with Crippen molar-refractivity contribution < 1.29 is 4.79 Å². The van der Waals surface area contributed by atoms with E-state index in [1.165, 1.54) is 0 Å². The van der Waals surface area contributed by atoms with Gasteiger partial charge in [0.25, 0.3) is 0 Å². The molecule has 0 saturated carbocycles. The van der Waals surface area contributed by atoms with Crippen LogP contribution in [0.2, 0.25) is 0 Å². The largest absolute Gasteiger partial charge is 0.307 e. The van der Waals surface area contributed by atoms with Gasteiger partial charge in [-0.3, -0.25) is 4.98 Å². The number of nitrogens with zero attached hydrogens (tertiary/aromatic N) is 1. The van der Waals surface area contributed by atoms with Gasteiger partial charge >= 0.3 is 0 Å². The van der Waals surface area contributed by atoms with Gasteiger partial charge in [0.1, 0.15) is 6.79 Å². The molecule has 42 valence electrons. The second kappa shape index (κ2) is 5.82. The minimum absolute atomic E-state index is 1.75. The molecule has 0 fully saturated rings. The zero-order chi connectivity index (χ0) is 6.24. The summed E-state index contributed by atoms with van der Waals surface area (Å²) in [7, 11) is 0. The predicted octanol–water partition coefficient (Wildman–Crippen LogP) is 0.897. The minimum Gasteiger partial charge on any atom is -0.307 e. The van der Waals surface area contributed by atoms with Gasteiger partial charge in [-0.1, -0.05) is 6.07 Å². The Balaban J connectivity index is 0.000000222. The van der Waals surface area contributed by atoms with E-state index >= 15 is 0 Å². The molecular formula is C6H7NO. The Morgan fingerprint density at radius 3 is 1.62 bits per heavy atom. The van der Waals surface area contributed by atoms with Crippen molar-refractivity contribution in [1.82, 2.24) is 4.98 Å². The van der Waals surface area contributed by atoms with E-state index in [0.717, 1.165) is 0 Å². The number of rotatable bonds is 0. The molecule has 1 rings (SSSR count). The molecule has 0 atom stereocenters. The van der Waals surface area contributed by atoms with Crippen molar-refractivity contribution in [3.05, 3.63) is 30.6 Å². The fraction of sp³-hybridized carbons (Fsp3) is 0. The van der Waals surface area contributed by atoms with Gasteiger partial charge in [0.2, 0.25) is 0 Å². The number of carbonyl (C=O) groups is 1. The third-order valence-corrected chi connectivity index (χ3v) is 0.566. The first kappa shape index (κ1) is 6.82. The minimum atomic E-state index is 1.75. The van der Waals surface area contributed by atoms with Gasteiger partial charge < -0.3 is 4.79 Å². The summed E-state index contributed by atoms with van der Waals surface area (Å²) >= 11 is 0. The van der Waals surface area contributed by atoms with Gasteiger partial charge in [-0.15, -0.1) is 0 Å². The van der Waals surface area contributed by atoms with E-state index in [0.29, 0.717) is 0 Å². The normalized spacial score (nSPS) is 6.50. The van der Waals surface area contributed by atoms with Crippen molar-refractivity contribution in [1.29, 1.82) is 0 Å². The van der Waals surface area contributed by atoms with E-state index < -0.39 is 0 Å². The Bertz CT molecular complexity index is 91.4. The molecule has 2 heteroatoms. The van der Waals surface area contributed by atoms with Crippen LogP contribution in [0.5, 0.6) is 0 Å².